The summed E-state index contributed by atoms with van der Waals surface area (Å²) in [6.45, 7) is 6.08. The van der Waals surface area contributed by atoms with Crippen molar-refractivity contribution in [2.45, 2.75) is 58.3 Å². The van der Waals surface area contributed by atoms with Crippen LogP contribution in [0, 0.1) is 30.3 Å². The van der Waals surface area contributed by atoms with Crippen LogP contribution in [-0.4, -0.2) is 41.0 Å². The molecule has 7 nitrogen and oxygen atoms in total. The summed E-state index contributed by atoms with van der Waals surface area (Å²) >= 11 is 0. The van der Waals surface area contributed by atoms with Crippen molar-refractivity contribution >= 4 is 23.4 Å². The minimum Gasteiger partial charge on any atom is -0.351 e. The molecule has 1 atom stereocenters. The van der Waals surface area contributed by atoms with Crippen LogP contribution in [0.2, 0.25) is 0 Å². The molecular formula is C22H27F3N6O. The van der Waals surface area contributed by atoms with Crippen molar-refractivity contribution in [2.75, 3.05) is 22.6 Å². The first kappa shape index (κ1) is 22.3. The summed E-state index contributed by atoms with van der Waals surface area (Å²) in [4.78, 5) is 23.5. The molecule has 4 rings (SSSR count). The molecule has 1 fully saturated rings. The first-order valence-corrected chi connectivity index (χ1v) is 10.7. The number of aryl methyl sites for hydroxylation is 1. The second kappa shape index (κ2) is 8.57. The molecule has 0 spiro atoms. The summed E-state index contributed by atoms with van der Waals surface area (Å²) in [5.41, 5.74) is 1.68. The standard InChI is InChI=1S/C22H27F3N6O/c1-10(2)19-21(32)29-18-11(3)27-22(30-20(18)31(19)4)28-14-7-13(8-14)26-9-12-5-15(23)17(25)16(24)6-12/h5-6,10,13-14,19,26H,7-9H2,1-4H3,(H,29,32)(H,27,28,30)/t13?,14?,19-/m0/s1. The highest BCUT2D eigenvalue weighted by molar-refractivity contribution is 6.03. The van der Waals surface area contributed by atoms with Crippen molar-refractivity contribution < 1.29 is 18.0 Å². The van der Waals surface area contributed by atoms with Crippen molar-refractivity contribution in [2.24, 2.45) is 5.92 Å². The molecule has 0 radical (unpaired) electrons. The number of aromatic nitrogens is 2. The molecule has 172 valence electrons. The van der Waals surface area contributed by atoms with Crippen LogP contribution in [0.25, 0.3) is 0 Å². The van der Waals surface area contributed by atoms with Gasteiger partial charge >= 0.3 is 0 Å². The van der Waals surface area contributed by atoms with E-state index in [1.807, 2.05) is 32.7 Å². The maximum atomic E-state index is 13.3. The second-order valence-electron chi connectivity index (χ2n) is 8.88. The van der Waals surface area contributed by atoms with Crippen LogP contribution in [0.4, 0.5) is 30.6 Å². The van der Waals surface area contributed by atoms with Crippen LogP contribution in [0.3, 0.4) is 0 Å². The van der Waals surface area contributed by atoms with E-state index in [1.54, 1.807) is 0 Å². The van der Waals surface area contributed by atoms with Crippen LogP contribution in [0.5, 0.6) is 0 Å². The van der Waals surface area contributed by atoms with Gasteiger partial charge in [-0.15, -0.1) is 0 Å². The highest BCUT2D eigenvalue weighted by atomic mass is 19.2. The van der Waals surface area contributed by atoms with Gasteiger partial charge in [-0.05, 0) is 43.4 Å². The summed E-state index contributed by atoms with van der Waals surface area (Å²) in [5, 5.41) is 9.48. The van der Waals surface area contributed by atoms with Gasteiger partial charge in [0.1, 0.15) is 11.7 Å². The molecule has 0 saturated heterocycles. The maximum absolute atomic E-state index is 13.3. The lowest BCUT2D eigenvalue weighted by molar-refractivity contribution is -0.118. The van der Waals surface area contributed by atoms with E-state index in [2.05, 4.69) is 25.9 Å². The predicted octanol–water partition coefficient (Wildman–Crippen LogP) is 3.35. The van der Waals surface area contributed by atoms with Gasteiger partial charge in [-0.25, -0.2) is 18.2 Å². The normalized spacial score (nSPS) is 22.4. The number of hydrogen-bond acceptors (Lipinski definition) is 6. The summed E-state index contributed by atoms with van der Waals surface area (Å²) in [6, 6.07) is 2.01. The molecule has 0 bridgehead atoms. The zero-order chi connectivity index (χ0) is 23.2. The van der Waals surface area contributed by atoms with Crippen molar-refractivity contribution in [3.63, 3.8) is 0 Å². The fourth-order valence-corrected chi connectivity index (χ4v) is 4.34. The lowest BCUT2D eigenvalue weighted by Gasteiger charge is -2.38. The van der Waals surface area contributed by atoms with Gasteiger partial charge in [-0.3, -0.25) is 4.79 Å². The molecular weight excluding hydrogens is 421 g/mol. The fraction of sp³-hybridized carbons (Fsp3) is 0.500. The van der Waals surface area contributed by atoms with E-state index in [-0.39, 0.29) is 36.5 Å². The Balaban J connectivity index is 1.36. The van der Waals surface area contributed by atoms with E-state index in [4.69, 9.17) is 0 Å². The molecule has 1 amide bonds. The third kappa shape index (κ3) is 4.23. The molecule has 2 aromatic rings. The predicted molar refractivity (Wildman–Crippen MR) is 116 cm³/mol. The number of amides is 1. The number of carbonyl (C=O) groups excluding carboxylic acids is 1. The van der Waals surface area contributed by atoms with Crippen LogP contribution < -0.4 is 20.9 Å². The number of nitrogens with one attached hydrogen (secondary N) is 3. The molecule has 0 unspecified atom stereocenters. The van der Waals surface area contributed by atoms with E-state index >= 15 is 0 Å². The largest absolute Gasteiger partial charge is 0.351 e. The number of nitrogens with zero attached hydrogens (tertiary/aromatic N) is 3. The Morgan fingerprint density at radius 1 is 1.16 bits per heavy atom. The van der Waals surface area contributed by atoms with E-state index in [0.29, 0.717) is 28.7 Å². The van der Waals surface area contributed by atoms with Gasteiger partial charge in [0.05, 0.1) is 5.69 Å². The number of benzene rings is 1. The van der Waals surface area contributed by atoms with Crippen LogP contribution >= 0.6 is 0 Å². The first-order chi connectivity index (χ1) is 15.1. The zero-order valence-corrected chi connectivity index (χ0v) is 18.5. The average molecular weight is 448 g/mol. The highest BCUT2D eigenvalue weighted by Gasteiger charge is 2.36. The van der Waals surface area contributed by atoms with Gasteiger partial charge in [-0.2, -0.15) is 4.98 Å². The molecule has 1 aliphatic carbocycles. The van der Waals surface area contributed by atoms with Gasteiger partial charge in [0, 0.05) is 25.7 Å². The van der Waals surface area contributed by atoms with Crippen molar-refractivity contribution in [1.82, 2.24) is 15.3 Å². The number of fused-ring (bicyclic) bond motifs is 1. The van der Waals surface area contributed by atoms with Gasteiger partial charge < -0.3 is 20.9 Å². The molecule has 1 saturated carbocycles. The molecule has 2 heterocycles. The lowest BCUT2D eigenvalue weighted by Crippen LogP contribution is -2.50. The van der Waals surface area contributed by atoms with E-state index in [9.17, 15) is 18.0 Å². The Labute approximate surface area is 184 Å². The SMILES string of the molecule is Cc1nc(NC2CC(NCc3cc(F)c(F)c(F)c3)C2)nc2c1NC(=O)[C@H](C(C)C)N2C. The molecule has 1 aromatic carbocycles. The minimum atomic E-state index is -1.45. The van der Waals surface area contributed by atoms with Crippen LogP contribution in [0.1, 0.15) is 37.9 Å². The number of halogens is 3. The second-order valence-corrected chi connectivity index (χ2v) is 8.88. The van der Waals surface area contributed by atoms with Crippen LogP contribution in [-0.2, 0) is 11.3 Å². The third-order valence-corrected chi connectivity index (χ3v) is 6.08. The quantitative estimate of drug-likeness (QED) is 0.588. The summed E-state index contributed by atoms with van der Waals surface area (Å²) in [7, 11) is 1.86. The van der Waals surface area contributed by atoms with Gasteiger partial charge in [-0.1, -0.05) is 13.8 Å². The summed E-state index contributed by atoms with van der Waals surface area (Å²) in [6.07, 6.45) is 1.57. The molecule has 3 N–H and O–H groups in total. The number of anilines is 3. The van der Waals surface area contributed by atoms with Gasteiger partial charge in [0.2, 0.25) is 11.9 Å². The summed E-state index contributed by atoms with van der Waals surface area (Å²) in [5.74, 6) is -2.57. The Bertz CT molecular complexity index is 1020. The number of rotatable bonds is 6. The number of hydrogen-bond donors (Lipinski definition) is 3. The molecule has 1 aliphatic heterocycles. The van der Waals surface area contributed by atoms with Gasteiger partial charge in [0.25, 0.3) is 0 Å². The van der Waals surface area contributed by atoms with Crippen molar-refractivity contribution in [3.8, 4) is 0 Å². The van der Waals surface area contributed by atoms with Crippen molar-refractivity contribution in [1.29, 1.82) is 0 Å². The molecule has 32 heavy (non-hydrogen) atoms. The maximum Gasteiger partial charge on any atom is 0.247 e. The smallest absolute Gasteiger partial charge is 0.247 e. The number of likely N-dealkylation sites (N-methyl/N-ethyl adjacent to an activating group) is 1. The Morgan fingerprint density at radius 3 is 2.44 bits per heavy atom. The van der Waals surface area contributed by atoms with E-state index in [1.165, 1.54) is 0 Å². The lowest BCUT2D eigenvalue weighted by atomic mass is 9.86. The summed E-state index contributed by atoms with van der Waals surface area (Å²) < 4.78 is 39.8. The fourth-order valence-electron chi connectivity index (χ4n) is 4.34. The number of carbonyl (C=O) groups is 1. The first-order valence-electron chi connectivity index (χ1n) is 10.7. The Kier molecular flexibility index (Phi) is 5.98. The molecule has 2 aliphatic rings. The van der Waals surface area contributed by atoms with Crippen molar-refractivity contribution in [3.05, 3.63) is 40.8 Å². The average Bonchev–Trinajstić information content (AvgIpc) is 2.68. The van der Waals surface area contributed by atoms with Gasteiger partial charge in [0.15, 0.2) is 23.3 Å². The highest BCUT2D eigenvalue weighted by Crippen LogP contribution is 2.35. The minimum absolute atomic E-state index is 0.0590. The van der Waals surface area contributed by atoms with E-state index < -0.39 is 17.5 Å². The van der Waals surface area contributed by atoms with E-state index in [0.717, 1.165) is 25.0 Å². The third-order valence-electron chi connectivity index (χ3n) is 6.08. The Hall–Kier alpha value is -2.88. The Morgan fingerprint density at radius 2 is 1.81 bits per heavy atom. The topological polar surface area (TPSA) is 82.2 Å². The zero-order valence-electron chi connectivity index (χ0n) is 18.5. The molecule has 1 aromatic heterocycles. The van der Waals surface area contributed by atoms with Crippen LogP contribution in [0.15, 0.2) is 12.1 Å². The monoisotopic (exact) mass is 448 g/mol. The molecule has 10 heteroatoms.